The predicted octanol–water partition coefficient (Wildman–Crippen LogP) is 8.26. The minimum absolute atomic E-state index is 0.0160. The Kier molecular flexibility index (Phi) is 18.2. The van der Waals surface area contributed by atoms with Crippen LogP contribution in [-0.4, -0.2) is 106 Å². The van der Waals surface area contributed by atoms with Gasteiger partial charge in [0.25, 0.3) is 30.4 Å². The first kappa shape index (κ1) is 61.0. The SMILES string of the molecule is CN1C(=C/C=C(/C=C/C2=[N+](C)c3ccc(S(=O)(=O)[O-])cc3C2(C)CCCS(=O)(=O)O)c2ccc(CCCCC(=O)NCCC(=O)N3Cc4ccccc4C#Cc4ccccc43)cc2)C(C)(CCCS(=O)(=O)O)c2cc(S(=O)(=O)O)ccc21. The van der Waals surface area contributed by atoms with E-state index >= 15 is 0 Å². The van der Waals surface area contributed by atoms with E-state index in [1.165, 1.54) is 30.3 Å². The number of hydrogen-bond donors (Lipinski definition) is 4. The summed E-state index contributed by atoms with van der Waals surface area (Å²) in [7, 11) is -14.8. The fourth-order valence-electron chi connectivity index (χ4n) is 11.2. The van der Waals surface area contributed by atoms with Gasteiger partial charge in [-0.3, -0.25) is 23.2 Å². The average molecular weight is 1190 g/mol. The molecule has 3 heterocycles. The molecule has 0 saturated heterocycles. The molecule has 82 heavy (non-hydrogen) atoms. The number of hydrogen-bond acceptors (Lipinski definition) is 12. The maximum absolute atomic E-state index is 13.7. The molecule has 0 aromatic heterocycles. The van der Waals surface area contributed by atoms with Gasteiger partial charge in [0, 0.05) is 72.1 Å². The first-order chi connectivity index (χ1) is 38.6. The van der Waals surface area contributed by atoms with Crippen molar-refractivity contribution in [3.8, 4) is 11.8 Å². The van der Waals surface area contributed by atoms with Crippen LogP contribution in [-0.2, 0) is 73.9 Å². The number of amides is 2. The Labute approximate surface area is 480 Å². The lowest BCUT2D eigenvalue weighted by molar-refractivity contribution is -0.401. The Morgan fingerprint density at radius 2 is 1.34 bits per heavy atom. The lowest BCUT2D eigenvalue weighted by atomic mass is 9.75. The number of fused-ring (bicyclic) bond motifs is 4. The van der Waals surface area contributed by atoms with Gasteiger partial charge in [-0.2, -0.15) is 29.8 Å². The molecule has 3 aliphatic heterocycles. The summed E-state index contributed by atoms with van der Waals surface area (Å²) in [6.07, 6.45) is 9.67. The quantitative estimate of drug-likeness (QED) is 0.0167. The fourth-order valence-corrected chi connectivity index (χ4v) is 13.2. The number of anilines is 2. The van der Waals surface area contributed by atoms with E-state index in [0.717, 1.165) is 22.3 Å². The molecule has 0 aliphatic carbocycles. The van der Waals surface area contributed by atoms with Gasteiger partial charge >= 0.3 is 0 Å². The van der Waals surface area contributed by atoms with Crippen molar-refractivity contribution in [3.05, 3.63) is 178 Å². The second-order valence-electron chi connectivity index (χ2n) is 21.1. The maximum atomic E-state index is 13.7. The van der Waals surface area contributed by atoms with E-state index in [-0.39, 0.29) is 61.8 Å². The van der Waals surface area contributed by atoms with Gasteiger partial charge in [-0.15, -0.1) is 0 Å². The minimum Gasteiger partial charge on any atom is -0.744 e. The summed E-state index contributed by atoms with van der Waals surface area (Å²) < 4.78 is 140. The number of unbranched alkanes of at least 4 members (excludes halogenated alkanes) is 1. The van der Waals surface area contributed by atoms with E-state index in [1.807, 2.05) is 107 Å². The highest BCUT2D eigenvalue weighted by Crippen LogP contribution is 2.51. The van der Waals surface area contributed by atoms with Crippen LogP contribution in [0.1, 0.15) is 104 Å². The predicted molar refractivity (Wildman–Crippen MR) is 313 cm³/mol. The van der Waals surface area contributed by atoms with Gasteiger partial charge < -0.3 is 19.7 Å². The topological polar surface area (TPSA) is 276 Å². The molecule has 2 unspecified atom stereocenters. The Morgan fingerprint density at radius 1 is 0.720 bits per heavy atom. The molecule has 0 saturated carbocycles. The Hall–Kier alpha value is -7.07. The van der Waals surface area contributed by atoms with Gasteiger partial charge in [-0.1, -0.05) is 72.5 Å². The van der Waals surface area contributed by atoms with Gasteiger partial charge in [0.2, 0.25) is 17.5 Å². The van der Waals surface area contributed by atoms with Crippen LogP contribution in [0, 0.1) is 11.8 Å². The highest BCUT2D eigenvalue weighted by atomic mass is 32.2. The number of rotatable bonds is 22. The Morgan fingerprint density at radius 3 is 2.01 bits per heavy atom. The first-order valence-electron chi connectivity index (χ1n) is 26.5. The summed E-state index contributed by atoms with van der Waals surface area (Å²) in [4.78, 5) is 29.4. The molecule has 432 valence electrons. The van der Waals surface area contributed by atoms with Crippen molar-refractivity contribution in [1.82, 2.24) is 5.32 Å². The van der Waals surface area contributed by atoms with Gasteiger partial charge in [0.05, 0.1) is 38.9 Å². The van der Waals surface area contributed by atoms with E-state index in [1.54, 1.807) is 38.1 Å². The summed E-state index contributed by atoms with van der Waals surface area (Å²) in [6, 6.07) is 31.1. The van der Waals surface area contributed by atoms with Crippen molar-refractivity contribution in [2.75, 3.05) is 41.9 Å². The van der Waals surface area contributed by atoms with Gasteiger partial charge in [-0.05, 0) is 147 Å². The monoisotopic (exact) mass is 1190 g/mol. The lowest BCUT2D eigenvalue weighted by Gasteiger charge is -2.29. The molecule has 3 aliphatic rings. The van der Waals surface area contributed by atoms with Crippen LogP contribution in [0.15, 0.2) is 149 Å². The standard InChI is InChI=1S/C60H64N4O14S4/c1-59(34-11-37-79(67,68)69)50-39-48(81(73,74)75)27-29-53(50)62(3)55(59)31-25-45(26-32-56-60(2,35-12-38-80(70,71)72)51-40-49(82(76,77)78)28-30-54(51)63(56)4)44-21-19-42(20-22-44)13-5-10-18-57(65)61-36-33-58(66)64-41-47-16-7-6-14-43(47)23-24-46-15-8-9-17-52(46)64/h6-9,14-17,19-22,25-32,39-40H,5,10-13,18,33-38,41H2,1-4H3,(H4-,61,65,67,68,69,70,71,72,73,74,75,76,77,78). The number of nitrogens with zero attached hydrogens (tertiary/aromatic N) is 3. The fraction of sp³-hybridized carbons (Fsp3) is 0.317. The first-order valence-corrected chi connectivity index (χ1v) is 32.6. The third-order valence-electron chi connectivity index (χ3n) is 15.5. The minimum atomic E-state index is -4.90. The summed E-state index contributed by atoms with van der Waals surface area (Å²) in [6.45, 7) is 4.12. The Bertz CT molecular complexity index is 4010. The van der Waals surface area contributed by atoms with Gasteiger partial charge in [0.1, 0.15) is 17.2 Å². The average Bonchev–Trinajstić information content (AvgIpc) is 3.81. The normalized spacial score (nSPS) is 18.6. The molecular weight excluding hydrogens is 1130 g/mol. The number of allylic oxidation sites excluding steroid dienone is 6. The van der Waals surface area contributed by atoms with Gasteiger partial charge in [-0.25, -0.2) is 8.42 Å². The number of nitrogens with one attached hydrogen (secondary N) is 1. The van der Waals surface area contributed by atoms with Crippen LogP contribution >= 0.6 is 0 Å². The zero-order chi connectivity index (χ0) is 59.4. The number of benzene rings is 5. The van der Waals surface area contributed by atoms with Crippen molar-refractivity contribution in [2.24, 2.45) is 0 Å². The number of aryl methyl sites for hydroxylation is 1. The number of carbonyl (C=O) groups is 2. The smallest absolute Gasteiger partial charge is 0.294 e. The summed E-state index contributed by atoms with van der Waals surface area (Å²) >= 11 is 0. The molecule has 0 bridgehead atoms. The van der Waals surface area contributed by atoms with Crippen LogP contribution in [0.5, 0.6) is 0 Å². The van der Waals surface area contributed by atoms with Crippen molar-refractivity contribution >= 4 is 80.6 Å². The van der Waals surface area contributed by atoms with E-state index in [0.29, 0.717) is 76.5 Å². The van der Waals surface area contributed by atoms with Crippen molar-refractivity contribution in [1.29, 1.82) is 0 Å². The number of carbonyl (C=O) groups excluding carboxylic acids is 2. The number of para-hydroxylation sites is 1. The van der Waals surface area contributed by atoms with Crippen molar-refractivity contribution in [2.45, 2.75) is 98.8 Å². The van der Waals surface area contributed by atoms with Gasteiger partial charge in [0.15, 0.2) is 5.71 Å². The molecule has 0 fully saturated rings. The highest BCUT2D eigenvalue weighted by molar-refractivity contribution is 7.86. The van der Waals surface area contributed by atoms with E-state index in [9.17, 15) is 61.5 Å². The van der Waals surface area contributed by atoms with E-state index in [2.05, 4.69) is 17.2 Å². The largest absolute Gasteiger partial charge is 0.744 e. The lowest BCUT2D eigenvalue weighted by Crippen LogP contribution is -2.35. The Balaban J connectivity index is 1.04. The summed E-state index contributed by atoms with van der Waals surface area (Å²) in [5, 5.41) is 2.90. The zero-order valence-corrected chi connectivity index (χ0v) is 49.0. The van der Waals surface area contributed by atoms with E-state index in [4.69, 9.17) is 0 Å². The molecule has 5 aromatic rings. The third-order valence-corrected chi connectivity index (χ3v) is 18.8. The highest BCUT2D eigenvalue weighted by Gasteiger charge is 2.47. The molecule has 0 spiro atoms. The molecule has 4 N–H and O–H groups in total. The van der Waals surface area contributed by atoms with Crippen LogP contribution < -0.4 is 15.1 Å². The zero-order valence-electron chi connectivity index (χ0n) is 45.7. The third kappa shape index (κ3) is 14.2. The second-order valence-corrected chi connectivity index (χ2v) is 27.1. The molecule has 5 aromatic carbocycles. The van der Waals surface area contributed by atoms with Crippen molar-refractivity contribution in [3.63, 3.8) is 0 Å². The molecule has 18 nitrogen and oxygen atoms in total. The number of likely N-dealkylation sites (N-methyl/N-ethyl adjacent to an activating group) is 1. The van der Waals surface area contributed by atoms with Crippen molar-refractivity contribution < 1.29 is 66.0 Å². The molecule has 0 radical (unpaired) electrons. The molecule has 2 amide bonds. The molecule has 2 atom stereocenters. The molecule has 8 rings (SSSR count). The van der Waals surface area contributed by atoms with E-state index < -0.39 is 67.7 Å². The van der Waals surface area contributed by atoms with Crippen LogP contribution in [0.3, 0.4) is 0 Å². The maximum Gasteiger partial charge on any atom is 0.294 e. The molecular formula is C60H64N4O14S4. The molecule has 22 heteroatoms. The summed E-state index contributed by atoms with van der Waals surface area (Å²) in [5.74, 6) is 4.95. The van der Waals surface area contributed by atoms with Crippen LogP contribution in [0.25, 0.3) is 5.57 Å². The van der Waals surface area contributed by atoms with Crippen LogP contribution in [0.2, 0.25) is 0 Å². The summed E-state index contributed by atoms with van der Waals surface area (Å²) in [5.41, 5.74) is 6.71. The van der Waals surface area contributed by atoms with Crippen LogP contribution in [0.4, 0.5) is 17.1 Å². The second kappa shape index (κ2) is 24.4.